The third-order valence-electron chi connectivity index (χ3n) is 4.67. The number of nitrogens with two attached hydrogens (primary N) is 1. The maximum absolute atomic E-state index is 5.73. The maximum Gasteiger partial charge on any atom is 0.119 e. The second-order valence-corrected chi connectivity index (χ2v) is 6.47. The van der Waals surface area contributed by atoms with Gasteiger partial charge in [-0.3, -0.25) is 0 Å². The van der Waals surface area contributed by atoms with Crippen molar-refractivity contribution in [1.29, 1.82) is 0 Å². The predicted octanol–water partition coefficient (Wildman–Crippen LogP) is 3.30. The molecule has 0 aliphatic carbocycles. The molecule has 1 fully saturated rings. The van der Waals surface area contributed by atoms with Crippen LogP contribution in [0.5, 0.6) is 0 Å². The first-order valence-corrected chi connectivity index (χ1v) is 8.56. The minimum atomic E-state index is 0.313. The van der Waals surface area contributed by atoms with Gasteiger partial charge >= 0.3 is 0 Å². The highest BCUT2D eigenvalue weighted by molar-refractivity contribution is 5.90. The molecule has 3 rings (SSSR count). The van der Waals surface area contributed by atoms with E-state index >= 15 is 0 Å². The average Bonchev–Trinajstić information content (AvgIpc) is 3.22. The molecule has 0 radical (unpaired) electrons. The first-order valence-electron chi connectivity index (χ1n) is 8.56. The van der Waals surface area contributed by atoms with Gasteiger partial charge in [0.05, 0.1) is 6.04 Å². The molecule has 2 aliphatic rings. The van der Waals surface area contributed by atoms with Crippen LogP contribution in [0.15, 0.2) is 71.8 Å². The smallest absolute Gasteiger partial charge is 0.119 e. The summed E-state index contributed by atoms with van der Waals surface area (Å²) in [6, 6.07) is 10.7. The second-order valence-electron chi connectivity index (χ2n) is 6.47. The molecule has 0 amide bonds. The zero-order valence-electron chi connectivity index (χ0n) is 14.2. The summed E-state index contributed by atoms with van der Waals surface area (Å²) in [5.41, 5.74) is 10.3. The van der Waals surface area contributed by atoms with E-state index in [0.717, 1.165) is 49.5 Å². The number of allylic oxidation sites excluding steroid dienone is 2. The predicted molar refractivity (Wildman–Crippen MR) is 100 cm³/mol. The van der Waals surface area contributed by atoms with Crippen LogP contribution in [0.2, 0.25) is 0 Å². The molecule has 1 unspecified atom stereocenters. The van der Waals surface area contributed by atoms with E-state index < -0.39 is 0 Å². The Balaban J connectivity index is 1.55. The molecule has 0 aromatic heterocycles. The van der Waals surface area contributed by atoms with E-state index in [4.69, 9.17) is 5.73 Å². The molecule has 0 spiro atoms. The minimum absolute atomic E-state index is 0.313. The number of hydrogen-bond acceptors (Lipinski definition) is 4. The van der Waals surface area contributed by atoms with Crippen molar-refractivity contribution >= 4 is 5.71 Å². The standard InChI is InChI=1S/C20H26N4/c1-15(13-18-10-11-20(21)23-18)24-12-6-9-19(24)16(2)22-14-17-7-4-3-5-8-17/h3-5,7-8,11,19,22H,1-2,6,9-10,12-14,21H2. The van der Waals surface area contributed by atoms with Crippen LogP contribution >= 0.6 is 0 Å². The number of benzene rings is 1. The van der Waals surface area contributed by atoms with Gasteiger partial charge < -0.3 is 16.0 Å². The lowest BCUT2D eigenvalue weighted by atomic mass is 10.1. The number of aliphatic imine (C=N–C) groups is 1. The van der Waals surface area contributed by atoms with Crippen LogP contribution in [-0.2, 0) is 6.54 Å². The molecule has 2 heterocycles. The Bertz CT molecular complexity index is 672. The molecule has 2 aliphatic heterocycles. The number of nitrogens with zero attached hydrogens (tertiary/aromatic N) is 2. The summed E-state index contributed by atoms with van der Waals surface area (Å²) in [5, 5.41) is 3.49. The lowest BCUT2D eigenvalue weighted by Crippen LogP contribution is -2.35. The highest BCUT2D eigenvalue weighted by Crippen LogP contribution is 2.28. The number of likely N-dealkylation sites (tertiary alicyclic amines) is 1. The molecule has 126 valence electrons. The highest BCUT2D eigenvalue weighted by Gasteiger charge is 2.28. The van der Waals surface area contributed by atoms with Crippen molar-refractivity contribution < 1.29 is 0 Å². The maximum atomic E-state index is 5.73. The van der Waals surface area contributed by atoms with Gasteiger partial charge in [-0.2, -0.15) is 0 Å². The molecule has 1 aromatic carbocycles. The van der Waals surface area contributed by atoms with Crippen LogP contribution < -0.4 is 11.1 Å². The van der Waals surface area contributed by atoms with Gasteiger partial charge in [0.1, 0.15) is 5.82 Å². The van der Waals surface area contributed by atoms with Crippen molar-refractivity contribution in [3.8, 4) is 0 Å². The SMILES string of the molecule is C=C(NCc1ccccc1)C1CCCN1C(=C)CC1=NC(N)=CC1. The molecule has 0 saturated carbocycles. The Hall–Kier alpha value is -2.49. The lowest BCUT2D eigenvalue weighted by molar-refractivity contribution is 0.340. The molecule has 24 heavy (non-hydrogen) atoms. The van der Waals surface area contributed by atoms with E-state index in [-0.39, 0.29) is 0 Å². The number of nitrogens with one attached hydrogen (secondary N) is 1. The van der Waals surface area contributed by atoms with E-state index in [2.05, 4.69) is 52.6 Å². The molecule has 4 nitrogen and oxygen atoms in total. The summed E-state index contributed by atoms with van der Waals surface area (Å²) in [6.45, 7) is 10.4. The Morgan fingerprint density at radius 3 is 2.79 bits per heavy atom. The topological polar surface area (TPSA) is 53.6 Å². The highest BCUT2D eigenvalue weighted by atomic mass is 15.2. The summed E-state index contributed by atoms with van der Waals surface area (Å²) in [6.07, 6.45) is 5.88. The molecular weight excluding hydrogens is 296 g/mol. The lowest BCUT2D eigenvalue weighted by Gasteiger charge is -2.30. The molecular formula is C20H26N4. The summed E-state index contributed by atoms with van der Waals surface area (Å²) >= 11 is 0. The van der Waals surface area contributed by atoms with E-state index in [9.17, 15) is 0 Å². The van der Waals surface area contributed by atoms with Crippen LogP contribution in [0.4, 0.5) is 0 Å². The summed E-state index contributed by atoms with van der Waals surface area (Å²) < 4.78 is 0. The molecule has 1 aromatic rings. The van der Waals surface area contributed by atoms with Crippen molar-refractivity contribution in [2.45, 2.75) is 38.3 Å². The average molecular weight is 322 g/mol. The largest absolute Gasteiger partial charge is 0.384 e. The summed E-state index contributed by atoms with van der Waals surface area (Å²) in [5.74, 6) is 0.629. The van der Waals surface area contributed by atoms with E-state index in [0.29, 0.717) is 11.9 Å². The van der Waals surface area contributed by atoms with Crippen molar-refractivity contribution in [2.75, 3.05) is 6.54 Å². The van der Waals surface area contributed by atoms with Crippen LogP contribution in [0.25, 0.3) is 0 Å². The van der Waals surface area contributed by atoms with Gasteiger partial charge in [-0.15, -0.1) is 0 Å². The molecule has 1 saturated heterocycles. The molecule has 0 bridgehead atoms. The fourth-order valence-electron chi connectivity index (χ4n) is 3.38. The third kappa shape index (κ3) is 3.88. The van der Waals surface area contributed by atoms with Gasteiger partial charge in [-0.25, -0.2) is 4.99 Å². The molecule has 1 atom stereocenters. The molecule has 3 N–H and O–H groups in total. The van der Waals surface area contributed by atoms with Crippen LogP contribution in [0, 0.1) is 0 Å². The zero-order chi connectivity index (χ0) is 16.9. The first-order chi connectivity index (χ1) is 11.6. The second kappa shape index (κ2) is 7.39. The van der Waals surface area contributed by atoms with Crippen LogP contribution in [0.3, 0.4) is 0 Å². The van der Waals surface area contributed by atoms with Crippen molar-refractivity contribution in [1.82, 2.24) is 10.2 Å². The molecule has 4 heteroatoms. The van der Waals surface area contributed by atoms with Gasteiger partial charge in [0.2, 0.25) is 0 Å². The minimum Gasteiger partial charge on any atom is -0.384 e. The fraction of sp³-hybridized carbons (Fsp3) is 0.350. The first kappa shape index (κ1) is 16.4. The van der Waals surface area contributed by atoms with Crippen molar-refractivity contribution in [3.63, 3.8) is 0 Å². The van der Waals surface area contributed by atoms with Gasteiger partial charge in [-0.1, -0.05) is 43.5 Å². The van der Waals surface area contributed by atoms with Gasteiger partial charge in [0.25, 0.3) is 0 Å². The number of hydrogen-bond donors (Lipinski definition) is 2. The summed E-state index contributed by atoms with van der Waals surface area (Å²) in [4.78, 5) is 6.75. The van der Waals surface area contributed by atoms with Crippen LogP contribution in [0.1, 0.15) is 31.2 Å². The quantitative estimate of drug-likeness (QED) is 0.810. The Kier molecular flexibility index (Phi) is 5.04. The Morgan fingerprint density at radius 2 is 2.08 bits per heavy atom. The third-order valence-corrected chi connectivity index (χ3v) is 4.67. The van der Waals surface area contributed by atoms with Gasteiger partial charge in [-0.05, 0) is 24.5 Å². The van der Waals surface area contributed by atoms with E-state index in [1.54, 1.807) is 0 Å². The monoisotopic (exact) mass is 322 g/mol. The zero-order valence-corrected chi connectivity index (χ0v) is 14.2. The fourth-order valence-corrected chi connectivity index (χ4v) is 3.38. The Labute approximate surface area is 144 Å². The Morgan fingerprint density at radius 1 is 1.29 bits per heavy atom. The number of rotatable bonds is 7. The summed E-state index contributed by atoms with van der Waals surface area (Å²) in [7, 11) is 0. The van der Waals surface area contributed by atoms with Crippen LogP contribution in [-0.4, -0.2) is 23.2 Å². The van der Waals surface area contributed by atoms with Gasteiger partial charge in [0, 0.05) is 43.0 Å². The van der Waals surface area contributed by atoms with E-state index in [1.165, 1.54) is 12.0 Å². The van der Waals surface area contributed by atoms with Gasteiger partial charge in [0.15, 0.2) is 0 Å². The van der Waals surface area contributed by atoms with Crippen molar-refractivity contribution in [3.05, 3.63) is 72.3 Å². The van der Waals surface area contributed by atoms with Crippen molar-refractivity contribution in [2.24, 2.45) is 10.7 Å². The van der Waals surface area contributed by atoms with E-state index in [1.807, 2.05) is 12.1 Å². The normalized spacial score (nSPS) is 19.8.